The van der Waals surface area contributed by atoms with Crippen LogP contribution in [0.4, 0.5) is 0 Å². The number of hydrazine groups is 2. The number of rotatable bonds is 11. The van der Waals surface area contributed by atoms with Crippen molar-refractivity contribution in [1.29, 1.82) is 0 Å². The number of hydrogen-bond donors (Lipinski definition) is 2. The zero-order valence-corrected chi connectivity index (χ0v) is 17.8. The molecule has 0 spiro atoms. The smallest absolute Gasteiger partial charge is 0.265 e. The lowest BCUT2D eigenvalue weighted by atomic mass is 10.2. The summed E-state index contributed by atoms with van der Waals surface area (Å²) in [6, 6.07) is 9.18. The molecule has 0 atom stereocenters. The highest BCUT2D eigenvalue weighted by Crippen LogP contribution is 2.02. The molecule has 1 aromatic rings. The molecule has 1 aromatic carbocycles. The SMILES string of the molecule is CC(C)CN(CCN(CC(C)C)NC(=O)c1ccccc1)NC(=O)CBr. The Kier molecular flexibility index (Phi) is 10.5. The normalized spacial score (nSPS) is 11.4. The molecule has 2 amide bonds. The quantitative estimate of drug-likeness (QED) is 0.421. The first-order chi connectivity index (χ1) is 12.3. The Hall–Kier alpha value is -1.44. The number of carbonyl (C=O) groups is 2. The van der Waals surface area contributed by atoms with Crippen molar-refractivity contribution in [3.8, 4) is 0 Å². The first kappa shape index (κ1) is 22.6. The third-order valence-electron chi connectivity index (χ3n) is 3.51. The number of nitrogens with one attached hydrogen (secondary N) is 2. The molecule has 0 bridgehead atoms. The van der Waals surface area contributed by atoms with Crippen LogP contribution in [-0.4, -0.2) is 53.3 Å². The second kappa shape index (κ2) is 12.0. The van der Waals surface area contributed by atoms with Crippen LogP contribution in [0, 0.1) is 11.8 Å². The topological polar surface area (TPSA) is 64.7 Å². The first-order valence-corrected chi connectivity index (χ1v) is 10.1. The summed E-state index contributed by atoms with van der Waals surface area (Å²) in [4.78, 5) is 24.1. The van der Waals surface area contributed by atoms with E-state index in [-0.39, 0.29) is 17.1 Å². The Bertz CT molecular complexity index is 552. The van der Waals surface area contributed by atoms with Gasteiger partial charge in [-0.1, -0.05) is 61.8 Å². The van der Waals surface area contributed by atoms with Crippen molar-refractivity contribution in [2.75, 3.05) is 31.5 Å². The number of nitrogens with zero attached hydrogens (tertiary/aromatic N) is 2. The summed E-state index contributed by atoms with van der Waals surface area (Å²) in [5.41, 5.74) is 6.52. The average Bonchev–Trinajstić information content (AvgIpc) is 2.59. The molecular weight excluding hydrogens is 396 g/mol. The Balaban J connectivity index is 2.69. The fraction of sp³-hybridized carbons (Fsp3) is 0.579. The zero-order valence-electron chi connectivity index (χ0n) is 16.2. The molecule has 0 aliphatic heterocycles. The Labute approximate surface area is 165 Å². The minimum Gasteiger partial charge on any atom is -0.288 e. The molecule has 0 aromatic heterocycles. The molecule has 6 nitrogen and oxygen atoms in total. The van der Waals surface area contributed by atoms with Crippen LogP contribution < -0.4 is 10.9 Å². The van der Waals surface area contributed by atoms with Gasteiger partial charge in [-0.05, 0) is 24.0 Å². The molecule has 0 unspecified atom stereocenters. The summed E-state index contributed by atoms with van der Waals surface area (Å²) in [6.45, 7) is 11.2. The molecule has 0 saturated carbocycles. The van der Waals surface area contributed by atoms with Gasteiger partial charge in [0, 0.05) is 31.7 Å². The summed E-state index contributed by atoms with van der Waals surface area (Å²) in [6.07, 6.45) is 0. The third-order valence-corrected chi connectivity index (χ3v) is 4.02. The van der Waals surface area contributed by atoms with Crippen LogP contribution in [0.15, 0.2) is 30.3 Å². The van der Waals surface area contributed by atoms with E-state index in [1.807, 2.05) is 28.2 Å². The van der Waals surface area contributed by atoms with Gasteiger partial charge >= 0.3 is 0 Å². The van der Waals surface area contributed by atoms with Crippen LogP contribution in [0.2, 0.25) is 0 Å². The van der Waals surface area contributed by atoms with Crippen molar-refractivity contribution in [3.63, 3.8) is 0 Å². The highest BCUT2D eigenvalue weighted by molar-refractivity contribution is 9.09. The van der Waals surface area contributed by atoms with Crippen molar-refractivity contribution in [1.82, 2.24) is 20.9 Å². The van der Waals surface area contributed by atoms with Gasteiger partial charge in [0.2, 0.25) is 5.91 Å². The van der Waals surface area contributed by atoms with Gasteiger partial charge in [-0.25, -0.2) is 10.0 Å². The van der Waals surface area contributed by atoms with Crippen molar-refractivity contribution >= 4 is 27.7 Å². The van der Waals surface area contributed by atoms with E-state index >= 15 is 0 Å². The largest absolute Gasteiger partial charge is 0.288 e. The highest BCUT2D eigenvalue weighted by atomic mass is 79.9. The number of alkyl halides is 1. The van der Waals surface area contributed by atoms with Gasteiger partial charge in [0.1, 0.15) is 0 Å². The maximum absolute atomic E-state index is 12.4. The van der Waals surface area contributed by atoms with Crippen LogP contribution in [0.25, 0.3) is 0 Å². The molecule has 0 heterocycles. The second-order valence-electron chi connectivity index (χ2n) is 7.16. The van der Waals surface area contributed by atoms with Crippen LogP contribution in [0.1, 0.15) is 38.1 Å². The van der Waals surface area contributed by atoms with Gasteiger partial charge in [0.15, 0.2) is 0 Å². The van der Waals surface area contributed by atoms with Gasteiger partial charge < -0.3 is 0 Å². The lowest BCUT2D eigenvalue weighted by Crippen LogP contribution is -2.51. The molecule has 0 radical (unpaired) electrons. The van der Waals surface area contributed by atoms with E-state index in [4.69, 9.17) is 0 Å². The number of hydrogen-bond acceptors (Lipinski definition) is 4. The fourth-order valence-corrected chi connectivity index (χ4v) is 2.64. The monoisotopic (exact) mass is 426 g/mol. The summed E-state index contributed by atoms with van der Waals surface area (Å²) in [5, 5.41) is 4.10. The summed E-state index contributed by atoms with van der Waals surface area (Å²) in [5.74, 6) is 0.630. The minimum absolute atomic E-state index is 0.0746. The van der Waals surface area contributed by atoms with E-state index in [1.54, 1.807) is 12.1 Å². The van der Waals surface area contributed by atoms with E-state index in [9.17, 15) is 9.59 Å². The molecule has 1 rings (SSSR count). The predicted molar refractivity (Wildman–Crippen MR) is 109 cm³/mol. The molecule has 0 saturated heterocycles. The Morgan fingerprint density at radius 2 is 1.42 bits per heavy atom. The molecule has 2 N–H and O–H groups in total. The van der Waals surface area contributed by atoms with Crippen LogP contribution in [-0.2, 0) is 4.79 Å². The third kappa shape index (κ3) is 9.31. The lowest BCUT2D eigenvalue weighted by Gasteiger charge is -2.30. The lowest BCUT2D eigenvalue weighted by molar-refractivity contribution is -0.123. The molecule has 146 valence electrons. The number of halogens is 1. The maximum atomic E-state index is 12.4. The van der Waals surface area contributed by atoms with Gasteiger partial charge in [-0.3, -0.25) is 20.4 Å². The molecule has 0 aliphatic carbocycles. The predicted octanol–water partition coefficient (Wildman–Crippen LogP) is 2.67. The van der Waals surface area contributed by atoms with E-state index < -0.39 is 0 Å². The Morgan fingerprint density at radius 1 is 0.923 bits per heavy atom. The van der Waals surface area contributed by atoms with Crippen LogP contribution >= 0.6 is 15.9 Å². The number of amides is 2. The molecule has 7 heteroatoms. The van der Waals surface area contributed by atoms with Gasteiger partial charge in [0.25, 0.3) is 5.91 Å². The van der Waals surface area contributed by atoms with E-state index in [1.165, 1.54) is 0 Å². The summed E-state index contributed by atoms with van der Waals surface area (Å²) in [7, 11) is 0. The first-order valence-electron chi connectivity index (χ1n) is 9.03. The van der Waals surface area contributed by atoms with Crippen LogP contribution in [0.5, 0.6) is 0 Å². The molecule has 26 heavy (non-hydrogen) atoms. The standard InChI is InChI=1S/C19H31BrN4O2/c1-15(2)13-23(21-18(25)12-20)10-11-24(14-16(3)4)22-19(26)17-8-6-5-7-9-17/h5-9,15-16H,10-14H2,1-4H3,(H,21,25)(H,22,26). The molecular formula is C19H31BrN4O2. The van der Waals surface area contributed by atoms with Crippen molar-refractivity contribution in [2.45, 2.75) is 27.7 Å². The van der Waals surface area contributed by atoms with Gasteiger partial charge in [-0.2, -0.15) is 0 Å². The van der Waals surface area contributed by atoms with Crippen molar-refractivity contribution in [2.24, 2.45) is 11.8 Å². The highest BCUT2D eigenvalue weighted by Gasteiger charge is 2.16. The van der Waals surface area contributed by atoms with Crippen LogP contribution in [0.3, 0.4) is 0 Å². The minimum atomic E-state index is -0.119. The van der Waals surface area contributed by atoms with E-state index in [2.05, 4.69) is 54.5 Å². The maximum Gasteiger partial charge on any atom is 0.265 e. The van der Waals surface area contributed by atoms with Gasteiger partial charge in [-0.15, -0.1) is 0 Å². The Morgan fingerprint density at radius 3 is 1.88 bits per heavy atom. The van der Waals surface area contributed by atoms with Crippen molar-refractivity contribution in [3.05, 3.63) is 35.9 Å². The average molecular weight is 427 g/mol. The summed E-state index contributed by atoms with van der Waals surface area (Å²) < 4.78 is 0. The van der Waals surface area contributed by atoms with Crippen molar-refractivity contribution < 1.29 is 9.59 Å². The number of benzene rings is 1. The van der Waals surface area contributed by atoms with E-state index in [0.29, 0.717) is 30.5 Å². The van der Waals surface area contributed by atoms with E-state index in [0.717, 1.165) is 13.1 Å². The fourth-order valence-electron chi connectivity index (χ4n) is 2.51. The number of carbonyl (C=O) groups excluding carboxylic acids is 2. The molecule has 0 fully saturated rings. The second-order valence-corrected chi connectivity index (χ2v) is 7.72. The summed E-state index contributed by atoms with van der Waals surface area (Å²) >= 11 is 3.17. The zero-order chi connectivity index (χ0) is 19.5. The van der Waals surface area contributed by atoms with Gasteiger partial charge in [0.05, 0.1) is 5.33 Å². The molecule has 0 aliphatic rings.